The van der Waals surface area contributed by atoms with Crippen molar-refractivity contribution in [2.75, 3.05) is 6.61 Å². The zero-order chi connectivity index (χ0) is 18.8. The van der Waals surface area contributed by atoms with E-state index in [1.807, 2.05) is 32.0 Å². The van der Waals surface area contributed by atoms with Gasteiger partial charge in [0, 0.05) is 30.0 Å². The van der Waals surface area contributed by atoms with Gasteiger partial charge in [-0.2, -0.15) is 0 Å². The molecule has 0 bridgehead atoms. The predicted octanol–water partition coefficient (Wildman–Crippen LogP) is 2.65. The Balaban J connectivity index is 1.55. The molecular formula is C20H18N4O3. The molecule has 4 heterocycles. The number of aromatic nitrogens is 3. The number of fused-ring (bicyclic) bond motifs is 1. The second-order valence-electron chi connectivity index (χ2n) is 6.26. The molecule has 0 amide bonds. The van der Waals surface area contributed by atoms with Crippen LogP contribution in [0.15, 0.2) is 47.8 Å². The lowest BCUT2D eigenvalue weighted by Crippen LogP contribution is -2.25. The third kappa shape index (κ3) is 3.48. The topological polar surface area (TPSA) is 86.6 Å². The maximum atomic E-state index is 12.5. The summed E-state index contributed by atoms with van der Waals surface area (Å²) >= 11 is 0. The highest BCUT2D eigenvalue weighted by atomic mass is 16.6. The van der Waals surface area contributed by atoms with Gasteiger partial charge in [0.05, 0.1) is 5.69 Å². The summed E-state index contributed by atoms with van der Waals surface area (Å²) in [5.41, 5.74) is 2.48. The van der Waals surface area contributed by atoms with Crippen LogP contribution in [0.1, 0.15) is 23.9 Å². The summed E-state index contributed by atoms with van der Waals surface area (Å²) in [7, 11) is 0. The third-order valence-corrected chi connectivity index (χ3v) is 4.29. The standard InChI is InChI=1S/C20H18N4O3/c1-3-15-14-10-21-6-5-13(14)9-18(23-15)27-20(25)17-11-26-19(24-17)16-8-12(2)4-7-22-16/h4-10,17H,3,11H2,1-2H3. The lowest BCUT2D eigenvalue weighted by atomic mass is 10.1. The van der Waals surface area contributed by atoms with Crippen molar-refractivity contribution in [2.24, 2.45) is 4.99 Å². The maximum Gasteiger partial charge on any atom is 0.341 e. The Bertz CT molecular complexity index is 1050. The van der Waals surface area contributed by atoms with Crippen LogP contribution in [-0.2, 0) is 16.0 Å². The fraction of sp³-hybridized carbons (Fsp3) is 0.250. The minimum Gasteiger partial charge on any atom is -0.473 e. The maximum absolute atomic E-state index is 12.5. The van der Waals surface area contributed by atoms with E-state index in [1.54, 1.807) is 24.7 Å². The molecule has 3 aromatic rings. The Labute approximate surface area is 156 Å². The summed E-state index contributed by atoms with van der Waals surface area (Å²) in [4.78, 5) is 29.6. The van der Waals surface area contributed by atoms with Crippen molar-refractivity contribution >= 4 is 22.6 Å². The van der Waals surface area contributed by atoms with E-state index in [1.165, 1.54) is 0 Å². The van der Waals surface area contributed by atoms with Gasteiger partial charge in [0.1, 0.15) is 12.3 Å². The summed E-state index contributed by atoms with van der Waals surface area (Å²) in [6.45, 7) is 4.08. The van der Waals surface area contributed by atoms with Crippen molar-refractivity contribution in [1.82, 2.24) is 15.0 Å². The summed E-state index contributed by atoms with van der Waals surface area (Å²) in [6, 6.07) is 6.61. The van der Waals surface area contributed by atoms with Crippen molar-refractivity contribution in [1.29, 1.82) is 0 Å². The number of hydrogen-bond acceptors (Lipinski definition) is 7. The lowest BCUT2D eigenvalue weighted by molar-refractivity contribution is -0.136. The average molecular weight is 362 g/mol. The van der Waals surface area contributed by atoms with Crippen LogP contribution < -0.4 is 4.74 Å². The second-order valence-corrected chi connectivity index (χ2v) is 6.26. The molecule has 1 aliphatic rings. The van der Waals surface area contributed by atoms with Crippen molar-refractivity contribution in [3.63, 3.8) is 0 Å². The fourth-order valence-electron chi connectivity index (χ4n) is 2.91. The van der Waals surface area contributed by atoms with Gasteiger partial charge < -0.3 is 9.47 Å². The van der Waals surface area contributed by atoms with E-state index in [0.717, 1.165) is 22.0 Å². The number of aliphatic imine (C=N–C) groups is 1. The average Bonchev–Trinajstić information content (AvgIpc) is 3.18. The van der Waals surface area contributed by atoms with Crippen LogP contribution in [0.25, 0.3) is 10.8 Å². The number of carbonyl (C=O) groups is 1. The number of ether oxygens (including phenoxy) is 2. The summed E-state index contributed by atoms with van der Waals surface area (Å²) in [5, 5.41) is 1.88. The predicted molar refractivity (Wildman–Crippen MR) is 99.8 cm³/mol. The Morgan fingerprint density at radius 2 is 2.19 bits per heavy atom. The molecule has 0 saturated heterocycles. The first-order valence-corrected chi connectivity index (χ1v) is 8.73. The quantitative estimate of drug-likeness (QED) is 0.663. The van der Waals surface area contributed by atoms with Crippen LogP contribution in [0.4, 0.5) is 0 Å². The van der Waals surface area contributed by atoms with E-state index >= 15 is 0 Å². The molecule has 1 unspecified atom stereocenters. The SMILES string of the molecule is CCc1nc(OC(=O)C2COC(c3cc(C)ccn3)=N2)cc2ccncc12. The van der Waals surface area contributed by atoms with E-state index in [9.17, 15) is 4.79 Å². The molecule has 0 radical (unpaired) electrons. The van der Waals surface area contributed by atoms with Crippen LogP contribution in [-0.4, -0.2) is 39.5 Å². The summed E-state index contributed by atoms with van der Waals surface area (Å²) in [5.74, 6) is 0.112. The molecular weight excluding hydrogens is 344 g/mol. The minimum absolute atomic E-state index is 0.127. The molecule has 7 nitrogen and oxygen atoms in total. The Morgan fingerprint density at radius 1 is 1.30 bits per heavy atom. The molecule has 27 heavy (non-hydrogen) atoms. The molecule has 0 N–H and O–H groups in total. The van der Waals surface area contributed by atoms with Crippen molar-refractivity contribution in [3.05, 3.63) is 59.8 Å². The number of esters is 1. The van der Waals surface area contributed by atoms with Gasteiger partial charge in [-0.05, 0) is 42.5 Å². The van der Waals surface area contributed by atoms with Gasteiger partial charge >= 0.3 is 5.97 Å². The first-order valence-electron chi connectivity index (χ1n) is 8.73. The fourth-order valence-corrected chi connectivity index (χ4v) is 2.91. The van der Waals surface area contributed by atoms with Crippen LogP contribution >= 0.6 is 0 Å². The first kappa shape index (κ1) is 17.1. The highest BCUT2D eigenvalue weighted by Gasteiger charge is 2.29. The summed E-state index contributed by atoms with van der Waals surface area (Å²) < 4.78 is 11.0. The number of aryl methyl sites for hydroxylation is 2. The first-order chi connectivity index (χ1) is 13.1. The van der Waals surface area contributed by atoms with Crippen LogP contribution in [0.2, 0.25) is 0 Å². The number of nitrogens with zero attached hydrogens (tertiary/aromatic N) is 4. The van der Waals surface area contributed by atoms with Crippen molar-refractivity contribution in [2.45, 2.75) is 26.3 Å². The van der Waals surface area contributed by atoms with Gasteiger partial charge in [-0.1, -0.05) is 6.92 Å². The minimum atomic E-state index is -0.734. The van der Waals surface area contributed by atoms with Crippen LogP contribution in [0, 0.1) is 6.92 Å². The molecule has 1 aliphatic heterocycles. The Kier molecular flexibility index (Phi) is 4.50. The molecule has 0 saturated carbocycles. The third-order valence-electron chi connectivity index (χ3n) is 4.29. The Morgan fingerprint density at radius 3 is 3.00 bits per heavy atom. The Hall–Kier alpha value is -3.35. The highest BCUT2D eigenvalue weighted by Crippen LogP contribution is 2.22. The largest absolute Gasteiger partial charge is 0.473 e. The van der Waals surface area contributed by atoms with Crippen molar-refractivity contribution < 1.29 is 14.3 Å². The molecule has 1 atom stereocenters. The van der Waals surface area contributed by atoms with Crippen molar-refractivity contribution in [3.8, 4) is 5.88 Å². The normalized spacial score (nSPS) is 16.1. The van der Waals surface area contributed by atoms with E-state index in [0.29, 0.717) is 18.0 Å². The van der Waals surface area contributed by atoms with E-state index in [-0.39, 0.29) is 12.5 Å². The summed E-state index contributed by atoms with van der Waals surface area (Å²) in [6.07, 6.45) is 5.86. The molecule has 0 aromatic carbocycles. The van der Waals surface area contributed by atoms with E-state index in [2.05, 4.69) is 19.9 Å². The molecule has 3 aromatic heterocycles. The van der Waals surface area contributed by atoms with Gasteiger partial charge in [-0.15, -0.1) is 0 Å². The number of pyridine rings is 3. The van der Waals surface area contributed by atoms with Crippen LogP contribution in [0.5, 0.6) is 5.88 Å². The zero-order valence-electron chi connectivity index (χ0n) is 15.0. The molecule has 0 fully saturated rings. The van der Waals surface area contributed by atoms with Crippen LogP contribution in [0.3, 0.4) is 0 Å². The lowest BCUT2D eigenvalue weighted by Gasteiger charge is -2.09. The zero-order valence-corrected chi connectivity index (χ0v) is 15.0. The van der Waals surface area contributed by atoms with E-state index < -0.39 is 12.0 Å². The molecule has 0 spiro atoms. The smallest absolute Gasteiger partial charge is 0.341 e. The molecule has 0 aliphatic carbocycles. The van der Waals surface area contributed by atoms with Gasteiger partial charge in [-0.25, -0.2) is 14.8 Å². The number of carbonyl (C=O) groups excluding carboxylic acids is 1. The molecule has 136 valence electrons. The van der Waals surface area contributed by atoms with Gasteiger partial charge in [0.15, 0.2) is 6.04 Å². The number of rotatable bonds is 4. The van der Waals surface area contributed by atoms with Gasteiger partial charge in [-0.3, -0.25) is 9.97 Å². The molecule has 4 rings (SSSR count). The second kappa shape index (κ2) is 7.11. The highest BCUT2D eigenvalue weighted by molar-refractivity contribution is 5.96. The molecule has 7 heteroatoms. The van der Waals surface area contributed by atoms with Gasteiger partial charge in [0.25, 0.3) is 0 Å². The van der Waals surface area contributed by atoms with Gasteiger partial charge in [0.2, 0.25) is 11.8 Å². The monoisotopic (exact) mass is 362 g/mol. The number of hydrogen-bond donors (Lipinski definition) is 0. The van der Waals surface area contributed by atoms with E-state index in [4.69, 9.17) is 9.47 Å².